The van der Waals surface area contributed by atoms with Crippen LogP contribution in [0.4, 0.5) is 11.4 Å². The van der Waals surface area contributed by atoms with E-state index in [4.69, 9.17) is 0 Å². The van der Waals surface area contributed by atoms with E-state index >= 15 is 0 Å². The van der Waals surface area contributed by atoms with E-state index in [2.05, 4.69) is 48.2 Å². The van der Waals surface area contributed by atoms with Crippen LogP contribution in [-0.4, -0.2) is 53.9 Å². The summed E-state index contributed by atoms with van der Waals surface area (Å²) in [6.45, 7) is 7.71. The van der Waals surface area contributed by atoms with Crippen LogP contribution in [0.25, 0.3) is 0 Å². The Bertz CT molecular complexity index is 736. The maximum atomic E-state index is 12.7. The van der Waals surface area contributed by atoms with Crippen LogP contribution in [0, 0.1) is 0 Å². The molecule has 1 aromatic carbocycles. The Morgan fingerprint density at radius 3 is 2.56 bits per heavy atom. The summed E-state index contributed by atoms with van der Waals surface area (Å²) in [4.78, 5) is 21.1. The molecular weight excluding hydrogens is 312 g/mol. The molecule has 0 spiro atoms. The molecule has 0 bridgehead atoms. The minimum atomic E-state index is 0.0568. The van der Waals surface area contributed by atoms with Crippen molar-refractivity contribution in [3.05, 3.63) is 53.9 Å². The van der Waals surface area contributed by atoms with Gasteiger partial charge in [-0.05, 0) is 30.7 Å². The number of hydrogen-bond donors (Lipinski definition) is 1. The highest BCUT2D eigenvalue weighted by Crippen LogP contribution is 2.27. The summed E-state index contributed by atoms with van der Waals surface area (Å²) in [6, 6.07) is 10.1. The first-order valence-electron chi connectivity index (χ1n) is 8.83. The normalized spacial score (nSPS) is 15.4. The number of pyridine rings is 1. The van der Waals surface area contributed by atoms with Crippen LogP contribution in [0.15, 0.2) is 42.7 Å². The van der Waals surface area contributed by atoms with Crippen molar-refractivity contribution in [3.8, 4) is 0 Å². The number of para-hydroxylation sites is 1. The van der Waals surface area contributed by atoms with Crippen LogP contribution in [0.1, 0.15) is 35.7 Å². The molecule has 1 aliphatic heterocycles. The first-order chi connectivity index (χ1) is 12.0. The molecule has 1 aliphatic rings. The smallest absolute Gasteiger partial charge is 0.255 e. The topological polar surface area (TPSA) is 48.5 Å². The minimum Gasteiger partial charge on any atom is -0.354 e. The van der Waals surface area contributed by atoms with Crippen LogP contribution in [0.2, 0.25) is 0 Å². The minimum absolute atomic E-state index is 0.0568. The summed E-state index contributed by atoms with van der Waals surface area (Å²) >= 11 is 0. The molecule has 5 nitrogen and oxygen atoms in total. The van der Waals surface area contributed by atoms with Crippen molar-refractivity contribution in [3.63, 3.8) is 0 Å². The molecule has 132 valence electrons. The van der Waals surface area contributed by atoms with Crippen LogP contribution < -0.4 is 5.32 Å². The van der Waals surface area contributed by atoms with Gasteiger partial charge in [-0.2, -0.15) is 0 Å². The Morgan fingerprint density at radius 1 is 1.12 bits per heavy atom. The monoisotopic (exact) mass is 338 g/mol. The van der Waals surface area contributed by atoms with Gasteiger partial charge in [0.25, 0.3) is 5.91 Å². The number of piperazine rings is 1. The lowest BCUT2D eigenvalue weighted by molar-refractivity contribution is 0.0663. The Balaban J connectivity index is 1.77. The van der Waals surface area contributed by atoms with E-state index < -0.39 is 0 Å². The predicted molar refractivity (Wildman–Crippen MR) is 101 cm³/mol. The lowest BCUT2D eigenvalue weighted by Gasteiger charge is -2.32. The van der Waals surface area contributed by atoms with Gasteiger partial charge in [-0.15, -0.1) is 0 Å². The fourth-order valence-electron chi connectivity index (χ4n) is 3.09. The number of likely N-dealkylation sites (N-methyl/N-ethyl adjacent to an activating group) is 1. The predicted octanol–water partition coefficient (Wildman–Crippen LogP) is 3.34. The molecule has 3 rings (SSSR count). The van der Waals surface area contributed by atoms with Gasteiger partial charge >= 0.3 is 0 Å². The maximum Gasteiger partial charge on any atom is 0.255 e. The number of aromatic nitrogens is 1. The molecule has 0 aliphatic carbocycles. The largest absolute Gasteiger partial charge is 0.354 e. The average Bonchev–Trinajstić information content (AvgIpc) is 2.62. The number of nitrogens with zero attached hydrogens (tertiary/aromatic N) is 3. The first kappa shape index (κ1) is 17.4. The summed E-state index contributed by atoms with van der Waals surface area (Å²) in [5, 5.41) is 3.42. The van der Waals surface area contributed by atoms with Gasteiger partial charge in [-0.1, -0.05) is 32.0 Å². The van der Waals surface area contributed by atoms with Crippen LogP contribution in [0.5, 0.6) is 0 Å². The van der Waals surface area contributed by atoms with Crippen molar-refractivity contribution in [1.29, 1.82) is 0 Å². The van der Waals surface area contributed by atoms with E-state index in [1.54, 1.807) is 12.4 Å². The zero-order valence-electron chi connectivity index (χ0n) is 15.2. The van der Waals surface area contributed by atoms with Crippen molar-refractivity contribution in [2.24, 2.45) is 0 Å². The zero-order valence-corrected chi connectivity index (χ0v) is 15.2. The number of anilines is 2. The van der Waals surface area contributed by atoms with Gasteiger partial charge in [0.15, 0.2) is 0 Å². The van der Waals surface area contributed by atoms with Gasteiger partial charge in [0.05, 0.1) is 17.4 Å². The molecule has 0 saturated carbocycles. The second-order valence-corrected chi connectivity index (χ2v) is 6.92. The van der Waals surface area contributed by atoms with Crippen molar-refractivity contribution in [2.75, 3.05) is 38.5 Å². The van der Waals surface area contributed by atoms with Gasteiger partial charge in [-0.25, -0.2) is 0 Å². The second kappa shape index (κ2) is 7.66. The molecule has 1 fully saturated rings. The number of rotatable bonds is 4. The third kappa shape index (κ3) is 4.17. The lowest BCUT2D eigenvalue weighted by Crippen LogP contribution is -2.47. The number of hydrogen-bond acceptors (Lipinski definition) is 4. The molecule has 1 N–H and O–H groups in total. The highest BCUT2D eigenvalue weighted by molar-refractivity contribution is 5.95. The van der Waals surface area contributed by atoms with E-state index in [9.17, 15) is 4.79 Å². The van der Waals surface area contributed by atoms with Crippen LogP contribution in [0.3, 0.4) is 0 Å². The van der Waals surface area contributed by atoms with Gasteiger partial charge in [0, 0.05) is 38.1 Å². The van der Waals surface area contributed by atoms with Crippen molar-refractivity contribution >= 4 is 17.3 Å². The Labute approximate surface area is 149 Å². The number of carbonyl (C=O) groups excluding carboxylic acids is 1. The van der Waals surface area contributed by atoms with E-state index in [0.29, 0.717) is 11.5 Å². The van der Waals surface area contributed by atoms with Crippen LogP contribution in [-0.2, 0) is 0 Å². The molecule has 0 unspecified atom stereocenters. The number of nitrogens with one attached hydrogen (secondary N) is 1. The first-order valence-corrected chi connectivity index (χ1v) is 8.83. The molecule has 1 aromatic heterocycles. The highest BCUT2D eigenvalue weighted by Gasteiger charge is 2.20. The molecule has 0 radical (unpaired) electrons. The van der Waals surface area contributed by atoms with E-state index in [1.165, 1.54) is 5.56 Å². The summed E-state index contributed by atoms with van der Waals surface area (Å²) in [5.41, 5.74) is 3.78. The maximum absolute atomic E-state index is 12.7. The Morgan fingerprint density at radius 2 is 1.84 bits per heavy atom. The number of benzene rings is 1. The molecular formula is C20H26N4O. The van der Waals surface area contributed by atoms with Crippen molar-refractivity contribution in [1.82, 2.24) is 14.8 Å². The molecule has 2 aromatic rings. The number of carbonyl (C=O) groups is 1. The molecule has 5 heteroatoms. The van der Waals surface area contributed by atoms with Crippen LogP contribution >= 0.6 is 0 Å². The standard InChI is InChI=1S/C20H26N4O/c1-15(2)18-6-4-5-7-19(18)22-17-12-16(13-21-14-17)20(25)24-10-8-23(3)9-11-24/h4-7,12-15,22H,8-11H2,1-3H3. The van der Waals surface area contributed by atoms with E-state index in [0.717, 1.165) is 37.6 Å². The summed E-state index contributed by atoms with van der Waals surface area (Å²) in [7, 11) is 2.08. The molecule has 1 saturated heterocycles. The average molecular weight is 338 g/mol. The van der Waals surface area contributed by atoms with Crippen molar-refractivity contribution < 1.29 is 4.79 Å². The fourth-order valence-corrected chi connectivity index (χ4v) is 3.09. The van der Waals surface area contributed by atoms with Gasteiger partial charge in [0.2, 0.25) is 0 Å². The molecule has 25 heavy (non-hydrogen) atoms. The molecule has 1 amide bonds. The van der Waals surface area contributed by atoms with Gasteiger partial charge in [0.1, 0.15) is 0 Å². The third-order valence-electron chi connectivity index (χ3n) is 4.64. The Hall–Kier alpha value is -2.40. The quantitative estimate of drug-likeness (QED) is 0.929. The van der Waals surface area contributed by atoms with Crippen molar-refractivity contribution in [2.45, 2.75) is 19.8 Å². The fraction of sp³-hybridized carbons (Fsp3) is 0.400. The lowest BCUT2D eigenvalue weighted by atomic mass is 10.0. The summed E-state index contributed by atoms with van der Waals surface area (Å²) in [5.74, 6) is 0.480. The summed E-state index contributed by atoms with van der Waals surface area (Å²) < 4.78 is 0. The third-order valence-corrected chi connectivity index (χ3v) is 4.64. The van der Waals surface area contributed by atoms with E-state index in [1.807, 2.05) is 23.1 Å². The number of amides is 1. The SMILES string of the molecule is CC(C)c1ccccc1Nc1cncc(C(=O)N2CCN(C)CC2)c1. The second-order valence-electron chi connectivity index (χ2n) is 6.92. The highest BCUT2D eigenvalue weighted by atomic mass is 16.2. The van der Waals surface area contributed by atoms with Gasteiger partial charge in [-0.3, -0.25) is 9.78 Å². The molecule has 2 heterocycles. The van der Waals surface area contributed by atoms with Gasteiger partial charge < -0.3 is 15.1 Å². The Kier molecular flexibility index (Phi) is 5.34. The summed E-state index contributed by atoms with van der Waals surface area (Å²) in [6.07, 6.45) is 3.41. The van der Waals surface area contributed by atoms with E-state index in [-0.39, 0.29) is 5.91 Å². The zero-order chi connectivity index (χ0) is 17.8. The molecule has 0 atom stereocenters.